The highest BCUT2D eigenvalue weighted by Gasteiger charge is 2.28. The molecule has 1 aromatic rings. The number of benzene rings is 1. The van der Waals surface area contributed by atoms with E-state index in [9.17, 15) is 4.79 Å². The average Bonchev–Trinajstić information content (AvgIpc) is 2.92. The summed E-state index contributed by atoms with van der Waals surface area (Å²) >= 11 is 0. The Morgan fingerprint density at radius 3 is 2.84 bits per heavy atom. The minimum Gasteiger partial charge on any atom is -0.380 e. The van der Waals surface area contributed by atoms with E-state index in [4.69, 9.17) is 10.6 Å². The van der Waals surface area contributed by atoms with Gasteiger partial charge >= 0.3 is 0 Å². The van der Waals surface area contributed by atoms with E-state index in [1.807, 2.05) is 30.3 Å². The summed E-state index contributed by atoms with van der Waals surface area (Å²) in [6.07, 6.45) is 1.29. The van der Waals surface area contributed by atoms with Crippen LogP contribution in [0, 0.1) is 0 Å². The van der Waals surface area contributed by atoms with Crippen molar-refractivity contribution in [3.8, 4) is 0 Å². The number of likely N-dealkylation sites (tertiary alicyclic amines) is 1. The summed E-state index contributed by atoms with van der Waals surface area (Å²) in [5, 5.41) is 0. The fraction of sp³-hybridized carbons (Fsp3) is 0.500. The zero-order valence-corrected chi connectivity index (χ0v) is 11.2. The molecule has 1 saturated heterocycles. The smallest absolute Gasteiger partial charge is 0.242 e. The van der Waals surface area contributed by atoms with E-state index in [0.29, 0.717) is 6.54 Å². The molecule has 2 atom stereocenters. The molecular weight excluding hydrogens is 242 g/mol. The van der Waals surface area contributed by atoms with Crippen molar-refractivity contribution < 1.29 is 9.53 Å². The minimum atomic E-state index is -0.234. The van der Waals surface area contributed by atoms with E-state index in [2.05, 4.69) is 10.3 Å². The second-order valence-electron chi connectivity index (χ2n) is 4.88. The average molecular weight is 263 g/mol. The molecule has 0 radical (unpaired) electrons. The van der Waals surface area contributed by atoms with Crippen LogP contribution in [0.4, 0.5) is 0 Å². The summed E-state index contributed by atoms with van der Waals surface area (Å²) in [5.74, 6) is 4.91. The van der Waals surface area contributed by atoms with E-state index in [-0.39, 0.29) is 17.9 Å². The first-order chi connectivity index (χ1) is 9.24. The Morgan fingerprint density at radius 1 is 1.53 bits per heavy atom. The molecular formula is C14H21N3O2. The van der Waals surface area contributed by atoms with Gasteiger partial charge in [-0.3, -0.25) is 15.1 Å². The monoisotopic (exact) mass is 263 g/mol. The first-order valence-electron chi connectivity index (χ1n) is 6.55. The largest absolute Gasteiger partial charge is 0.380 e. The van der Waals surface area contributed by atoms with Crippen LogP contribution in [0.25, 0.3) is 0 Å². The lowest BCUT2D eigenvalue weighted by atomic mass is 9.98. The second-order valence-corrected chi connectivity index (χ2v) is 4.88. The Morgan fingerprint density at radius 2 is 2.26 bits per heavy atom. The normalized spacial score (nSPS) is 21.3. The van der Waals surface area contributed by atoms with E-state index < -0.39 is 0 Å². The van der Waals surface area contributed by atoms with Gasteiger partial charge in [0.15, 0.2) is 0 Å². The van der Waals surface area contributed by atoms with Gasteiger partial charge in [-0.1, -0.05) is 30.3 Å². The molecule has 2 unspecified atom stereocenters. The second kappa shape index (κ2) is 6.65. The van der Waals surface area contributed by atoms with Gasteiger partial charge in [-0.2, -0.15) is 0 Å². The van der Waals surface area contributed by atoms with E-state index in [1.54, 1.807) is 7.11 Å². The van der Waals surface area contributed by atoms with Gasteiger partial charge in [0, 0.05) is 26.7 Å². The van der Waals surface area contributed by atoms with Crippen molar-refractivity contribution >= 4 is 5.91 Å². The van der Waals surface area contributed by atoms with E-state index in [1.165, 1.54) is 0 Å². The third-order valence-corrected chi connectivity index (χ3v) is 3.66. The Labute approximate surface area is 113 Å². The first kappa shape index (κ1) is 14.0. The van der Waals surface area contributed by atoms with Crippen molar-refractivity contribution in [2.75, 3.05) is 26.7 Å². The Bertz CT molecular complexity index is 410. The highest BCUT2D eigenvalue weighted by Crippen LogP contribution is 2.20. The first-order valence-corrected chi connectivity index (χ1v) is 6.55. The molecule has 2 rings (SSSR count). The molecule has 5 heteroatoms. The molecule has 1 aliphatic heterocycles. The molecule has 0 spiro atoms. The molecule has 0 saturated carbocycles. The van der Waals surface area contributed by atoms with Crippen LogP contribution < -0.4 is 11.3 Å². The molecule has 0 bridgehead atoms. The third-order valence-electron chi connectivity index (χ3n) is 3.66. The molecule has 1 amide bonds. The number of carbonyl (C=O) groups excluding carboxylic acids is 1. The SMILES string of the molecule is COC1CCN(CC(C(=O)NN)c2ccccc2)C1. The quantitative estimate of drug-likeness (QED) is 0.461. The van der Waals surface area contributed by atoms with Crippen molar-refractivity contribution in [2.24, 2.45) is 5.84 Å². The summed E-state index contributed by atoms with van der Waals surface area (Å²) in [6.45, 7) is 2.50. The van der Waals surface area contributed by atoms with Gasteiger partial charge in [-0.15, -0.1) is 0 Å². The number of nitrogens with zero attached hydrogens (tertiary/aromatic N) is 1. The van der Waals surface area contributed by atoms with Crippen molar-refractivity contribution in [3.63, 3.8) is 0 Å². The Kier molecular flexibility index (Phi) is 4.90. The number of methoxy groups -OCH3 is 1. The van der Waals surface area contributed by atoms with Crippen LogP contribution in [0.2, 0.25) is 0 Å². The lowest BCUT2D eigenvalue weighted by Crippen LogP contribution is -2.40. The maximum Gasteiger partial charge on any atom is 0.242 e. The maximum absolute atomic E-state index is 12.0. The molecule has 19 heavy (non-hydrogen) atoms. The van der Waals surface area contributed by atoms with E-state index >= 15 is 0 Å². The molecule has 1 heterocycles. The minimum absolute atomic E-state index is 0.146. The van der Waals surface area contributed by atoms with Gasteiger partial charge in [0.25, 0.3) is 0 Å². The van der Waals surface area contributed by atoms with Gasteiger partial charge in [-0.05, 0) is 12.0 Å². The lowest BCUT2D eigenvalue weighted by molar-refractivity contribution is -0.123. The molecule has 1 aliphatic rings. The zero-order chi connectivity index (χ0) is 13.7. The van der Waals surface area contributed by atoms with Crippen molar-refractivity contribution in [1.29, 1.82) is 0 Å². The number of carbonyl (C=O) groups is 1. The zero-order valence-electron chi connectivity index (χ0n) is 11.2. The van der Waals surface area contributed by atoms with Crippen LogP contribution in [-0.2, 0) is 9.53 Å². The van der Waals surface area contributed by atoms with Crippen LogP contribution in [0.1, 0.15) is 17.9 Å². The standard InChI is InChI=1S/C14H21N3O2/c1-19-12-7-8-17(9-12)10-13(14(18)16-15)11-5-3-2-4-6-11/h2-6,12-13H,7-10,15H2,1H3,(H,16,18). The molecule has 3 N–H and O–H groups in total. The van der Waals surface area contributed by atoms with Crippen molar-refractivity contribution in [3.05, 3.63) is 35.9 Å². The van der Waals surface area contributed by atoms with Gasteiger partial charge in [0.1, 0.15) is 0 Å². The number of hydrazine groups is 1. The predicted octanol–water partition coefficient (Wildman–Crippen LogP) is 0.481. The van der Waals surface area contributed by atoms with Crippen LogP contribution in [0.15, 0.2) is 30.3 Å². The number of nitrogens with two attached hydrogens (primary N) is 1. The van der Waals surface area contributed by atoms with Crippen LogP contribution in [-0.4, -0.2) is 43.7 Å². The van der Waals surface area contributed by atoms with Gasteiger partial charge in [0.05, 0.1) is 12.0 Å². The summed E-state index contributed by atoms with van der Waals surface area (Å²) in [4.78, 5) is 14.2. The number of rotatable bonds is 5. The summed E-state index contributed by atoms with van der Waals surface area (Å²) in [5.41, 5.74) is 3.26. The van der Waals surface area contributed by atoms with Crippen molar-refractivity contribution in [2.45, 2.75) is 18.4 Å². The van der Waals surface area contributed by atoms with Crippen LogP contribution in [0.3, 0.4) is 0 Å². The molecule has 0 aliphatic carbocycles. The fourth-order valence-corrected chi connectivity index (χ4v) is 2.54. The van der Waals surface area contributed by atoms with Crippen LogP contribution in [0.5, 0.6) is 0 Å². The Balaban J connectivity index is 2.05. The van der Waals surface area contributed by atoms with Gasteiger partial charge in [0.2, 0.25) is 5.91 Å². The molecule has 0 aromatic heterocycles. The predicted molar refractivity (Wildman–Crippen MR) is 73.4 cm³/mol. The van der Waals surface area contributed by atoms with Crippen molar-refractivity contribution in [1.82, 2.24) is 10.3 Å². The number of amides is 1. The maximum atomic E-state index is 12.0. The highest BCUT2D eigenvalue weighted by molar-refractivity contribution is 5.83. The fourth-order valence-electron chi connectivity index (χ4n) is 2.54. The topological polar surface area (TPSA) is 67.6 Å². The third kappa shape index (κ3) is 3.53. The number of hydrogen-bond acceptors (Lipinski definition) is 4. The molecule has 1 aromatic carbocycles. The molecule has 5 nitrogen and oxygen atoms in total. The highest BCUT2D eigenvalue weighted by atomic mass is 16.5. The summed E-state index contributed by atoms with van der Waals surface area (Å²) in [7, 11) is 1.73. The Hall–Kier alpha value is -1.43. The molecule has 104 valence electrons. The van der Waals surface area contributed by atoms with Gasteiger partial charge in [-0.25, -0.2) is 5.84 Å². The lowest BCUT2D eigenvalue weighted by Gasteiger charge is -2.22. The summed E-state index contributed by atoms with van der Waals surface area (Å²) < 4.78 is 5.35. The summed E-state index contributed by atoms with van der Waals surface area (Å²) in [6, 6.07) is 9.74. The number of ether oxygens (including phenoxy) is 1. The molecule has 1 fully saturated rings. The van der Waals surface area contributed by atoms with Crippen LogP contribution >= 0.6 is 0 Å². The van der Waals surface area contributed by atoms with E-state index in [0.717, 1.165) is 25.1 Å². The van der Waals surface area contributed by atoms with Gasteiger partial charge < -0.3 is 4.74 Å². The number of nitrogens with one attached hydrogen (secondary N) is 1. The number of hydrogen-bond donors (Lipinski definition) is 2.